The number of nitrogens with two attached hydrogens (primary N) is 1. The maximum atomic E-state index is 11.8. The minimum Gasteiger partial charge on any atom is -0.478 e. The number of thiazole rings is 1. The van der Waals surface area contributed by atoms with E-state index in [0.717, 1.165) is 12.1 Å². The molecule has 4 N–H and O–H groups in total. The van der Waals surface area contributed by atoms with Gasteiger partial charge < -0.3 is 10.8 Å². The number of nitrogens with one attached hydrogen (secondary N) is 1. The number of carboxylic acids is 1. The van der Waals surface area contributed by atoms with Crippen LogP contribution in [-0.4, -0.2) is 29.4 Å². The van der Waals surface area contributed by atoms with Crippen molar-refractivity contribution >= 4 is 43.8 Å². The number of aromatic carboxylic acids is 1. The van der Waals surface area contributed by atoms with E-state index < -0.39 is 20.9 Å². The van der Waals surface area contributed by atoms with Crippen molar-refractivity contribution in [2.45, 2.75) is 4.90 Å². The quantitative estimate of drug-likeness (QED) is 0.321. The molecule has 0 bridgehead atoms. The Balaban J connectivity index is 0.000000209. The number of anilines is 2. The molecule has 0 saturated carbocycles. The van der Waals surface area contributed by atoms with Gasteiger partial charge in [-0.2, -0.15) is 0 Å². The van der Waals surface area contributed by atoms with Crippen molar-refractivity contribution in [1.82, 2.24) is 4.98 Å². The summed E-state index contributed by atoms with van der Waals surface area (Å²) in [7, 11) is -3.56. The fourth-order valence-electron chi connectivity index (χ4n) is 1.82. The maximum Gasteiger partial charge on any atom is 0.335 e. The first-order valence-corrected chi connectivity index (χ1v) is 9.81. The summed E-state index contributed by atoms with van der Waals surface area (Å²) in [5.74, 6) is -1.09. The molecule has 0 unspecified atom stereocenters. The number of nitro groups is 1. The van der Waals surface area contributed by atoms with Crippen molar-refractivity contribution in [3.63, 3.8) is 0 Å². The van der Waals surface area contributed by atoms with E-state index in [1.54, 1.807) is 5.38 Å². The highest BCUT2D eigenvalue weighted by Crippen LogP contribution is 2.18. The van der Waals surface area contributed by atoms with Crippen LogP contribution < -0.4 is 10.5 Å². The molecule has 10 nitrogen and oxygen atoms in total. The van der Waals surface area contributed by atoms with Crippen LogP contribution in [0.15, 0.2) is 65.0 Å². The molecule has 0 fully saturated rings. The lowest BCUT2D eigenvalue weighted by Crippen LogP contribution is -2.12. The second kappa shape index (κ2) is 8.92. The molecule has 3 rings (SSSR count). The summed E-state index contributed by atoms with van der Waals surface area (Å²) in [5, 5.41) is 20.6. The minimum absolute atomic E-state index is 0.0422. The van der Waals surface area contributed by atoms with Crippen LogP contribution >= 0.6 is 11.3 Å². The third kappa shape index (κ3) is 5.75. The number of sulfonamides is 1. The third-order valence-corrected chi connectivity index (χ3v) is 5.34. The number of carboxylic acid groups (broad SMARTS) is 1. The summed E-state index contributed by atoms with van der Waals surface area (Å²) in [4.78, 5) is 23.9. The fraction of sp³-hybridized carbons (Fsp3) is 0. The van der Waals surface area contributed by atoms with Crippen LogP contribution in [-0.2, 0) is 10.0 Å². The molecule has 1 heterocycles. The lowest BCUT2D eigenvalue weighted by Gasteiger charge is -2.04. The second-order valence-corrected chi connectivity index (χ2v) is 7.70. The van der Waals surface area contributed by atoms with Crippen molar-refractivity contribution in [3.8, 4) is 0 Å². The highest BCUT2D eigenvalue weighted by Gasteiger charge is 2.14. The summed E-state index contributed by atoms with van der Waals surface area (Å²) in [6, 6.07) is 10.7. The molecule has 2 aromatic carbocycles. The van der Waals surface area contributed by atoms with Crippen LogP contribution in [0.4, 0.5) is 16.5 Å². The first kappa shape index (κ1) is 20.8. The molecule has 0 aliphatic rings. The second-order valence-electron chi connectivity index (χ2n) is 5.12. The maximum absolute atomic E-state index is 11.8. The van der Waals surface area contributed by atoms with Crippen LogP contribution in [0, 0.1) is 10.1 Å². The normalized spacial score (nSPS) is 10.4. The highest BCUT2D eigenvalue weighted by molar-refractivity contribution is 7.93. The topological polar surface area (TPSA) is 166 Å². The van der Waals surface area contributed by atoms with E-state index in [-0.39, 0.29) is 16.1 Å². The van der Waals surface area contributed by atoms with Gasteiger partial charge in [-0.05, 0) is 36.4 Å². The van der Waals surface area contributed by atoms with Gasteiger partial charge in [-0.15, -0.1) is 11.3 Å². The molecule has 0 aliphatic carbocycles. The predicted octanol–water partition coefficient (Wildman–Crippen LogP) is 2.82. The number of nitrogens with zero attached hydrogens (tertiary/aromatic N) is 2. The average molecular weight is 422 g/mol. The molecule has 1 aromatic heterocycles. The van der Waals surface area contributed by atoms with E-state index in [2.05, 4.69) is 9.71 Å². The molecule has 0 radical (unpaired) electrons. The monoisotopic (exact) mass is 422 g/mol. The number of carbonyl (C=O) groups is 1. The number of benzene rings is 2. The molecular weight excluding hydrogens is 408 g/mol. The number of hydrogen-bond donors (Lipinski definition) is 3. The van der Waals surface area contributed by atoms with Gasteiger partial charge in [0.1, 0.15) is 0 Å². The number of hydrogen-bond acceptors (Lipinski definition) is 8. The molecule has 0 atom stereocenters. The summed E-state index contributed by atoms with van der Waals surface area (Å²) >= 11 is 1.22. The molecule has 0 saturated heterocycles. The number of rotatable bonds is 5. The zero-order valence-corrected chi connectivity index (χ0v) is 15.7. The van der Waals surface area contributed by atoms with Crippen LogP contribution in [0.25, 0.3) is 0 Å². The number of aromatic nitrogens is 1. The van der Waals surface area contributed by atoms with E-state index in [1.807, 2.05) is 0 Å². The molecule has 12 heteroatoms. The van der Waals surface area contributed by atoms with E-state index in [9.17, 15) is 23.3 Å². The Bertz CT molecular complexity index is 1020. The van der Waals surface area contributed by atoms with Gasteiger partial charge in [-0.3, -0.25) is 14.8 Å². The molecule has 146 valence electrons. The average Bonchev–Trinajstić information content (AvgIpc) is 3.15. The summed E-state index contributed by atoms with van der Waals surface area (Å²) < 4.78 is 26.0. The summed E-state index contributed by atoms with van der Waals surface area (Å²) in [5.41, 5.74) is 5.93. The fourth-order valence-corrected chi connectivity index (χ4v) is 3.61. The van der Waals surface area contributed by atoms with E-state index in [4.69, 9.17) is 10.8 Å². The molecule has 3 aromatic rings. The molecule has 0 spiro atoms. The van der Waals surface area contributed by atoms with Gasteiger partial charge in [-0.1, -0.05) is 0 Å². The van der Waals surface area contributed by atoms with Crippen LogP contribution in [0.5, 0.6) is 0 Å². The van der Waals surface area contributed by atoms with Gasteiger partial charge in [0.25, 0.3) is 15.7 Å². The van der Waals surface area contributed by atoms with Crippen LogP contribution in [0.2, 0.25) is 0 Å². The Morgan fingerprint density at radius 1 is 1.14 bits per heavy atom. The molecule has 0 aliphatic heterocycles. The Labute approximate surface area is 163 Å². The van der Waals surface area contributed by atoms with Crippen molar-refractivity contribution in [3.05, 3.63) is 75.8 Å². The number of non-ortho nitro benzene ring substituents is 1. The summed E-state index contributed by atoms with van der Waals surface area (Å²) in [6.45, 7) is 0. The molecular formula is C16H14N4O6S2. The Kier molecular flexibility index (Phi) is 6.63. The Morgan fingerprint density at radius 3 is 2.21 bits per heavy atom. The van der Waals surface area contributed by atoms with Gasteiger partial charge in [0.2, 0.25) is 0 Å². The van der Waals surface area contributed by atoms with Crippen molar-refractivity contribution in [2.24, 2.45) is 0 Å². The van der Waals surface area contributed by atoms with E-state index in [0.29, 0.717) is 10.8 Å². The van der Waals surface area contributed by atoms with E-state index in [1.165, 1.54) is 53.9 Å². The zero-order chi connectivity index (χ0) is 20.7. The standard InChI is InChI=1S/C9H9N3O2S2.C7H5NO4/c10-7-1-3-8(4-2-7)16(13,14)12-9-11-5-6-15-9;9-7(10)5-1-3-6(4-2-5)8(11)12/h1-6H,10H2,(H,11,12);1-4H,(H,9,10). The van der Waals surface area contributed by atoms with Crippen molar-refractivity contribution in [1.29, 1.82) is 0 Å². The number of nitrogen functional groups attached to an aromatic ring is 1. The SMILES string of the molecule is Nc1ccc(S(=O)(=O)Nc2nccs2)cc1.O=C(O)c1ccc([N+](=O)[O-])cc1. The zero-order valence-electron chi connectivity index (χ0n) is 14.1. The smallest absolute Gasteiger partial charge is 0.335 e. The highest BCUT2D eigenvalue weighted by atomic mass is 32.2. The van der Waals surface area contributed by atoms with Gasteiger partial charge in [0.05, 0.1) is 15.4 Å². The Morgan fingerprint density at radius 2 is 1.75 bits per heavy atom. The predicted molar refractivity (Wildman–Crippen MR) is 104 cm³/mol. The largest absolute Gasteiger partial charge is 0.478 e. The lowest BCUT2D eigenvalue weighted by atomic mass is 10.2. The molecule has 0 amide bonds. The van der Waals surface area contributed by atoms with Crippen LogP contribution in [0.1, 0.15) is 10.4 Å². The summed E-state index contributed by atoms with van der Waals surface area (Å²) in [6.07, 6.45) is 1.53. The lowest BCUT2D eigenvalue weighted by molar-refractivity contribution is -0.384. The van der Waals surface area contributed by atoms with E-state index >= 15 is 0 Å². The van der Waals surface area contributed by atoms with Crippen molar-refractivity contribution in [2.75, 3.05) is 10.5 Å². The van der Waals surface area contributed by atoms with Crippen LogP contribution in [0.3, 0.4) is 0 Å². The first-order chi connectivity index (χ1) is 13.2. The van der Waals surface area contributed by atoms with Gasteiger partial charge in [0, 0.05) is 29.4 Å². The minimum atomic E-state index is -3.56. The van der Waals surface area contributed by atoms with Gasteiger partial charge in [0.15, 0.2) is 5.13 Å². The third-order valence-electron chi connectivity index (χ3n) is 3.17. The van der Waals surface area contributed by atoms with Gasteiger partial charge >= 0.3 is 5.97 Å². The Hall–Kier alpha value is -3.51. The van der Waals surface area contributed by atoms with Crippen molar-refractivity contribution < 1.29 is 23.2 Å². The first-order valence-electron chi connectivity index (χ1n) is 7.44. The molecule has 28 heavy (non-hydrogen) atoms. The number of nitro benzene ring substituents is 1. The van der Waals surface area contributed by atoms with Gasteiger partial charge in [-0.25, -0.2) is 18.2 Å².